The molecule has 28 heavy (non-hydrogen) atoms. The van der Waals surface area contributed by atoms with Crippen LogP contribution >= 0.6 is 0 Å². The molecule has 0 radical (unpaired) electrons. The summed E-state index contributed by atoms with van der Waals surface area (Å²) in [6.45, 7) is 3.53. The van der Waals surface area contributed by atoms with Crippen LogP contribution in [0.2, 0.25) is 0 Å². The predicted octanol–water partition coefficient (Wildman–Crippen LogP) is 2.37. The molecule has 2 rings (SSSR count). The number of methoxy groups -OCH3 is 1. The molecule has 0 saturated carbocycles. The van der Waals surface area contributed by atoms with Crippen LogP contribution in [-0.4, -0.2) is 51.1 Å². The molecule has 6 heteroatoms. The van der Waals surface area contributed by atoms with Crippen LogP contribution in [-0.2, 0) is 17.8 Å². The molecule has 0 atom stereocenters. The number of hydrogen-bond donors (Lipinski definition) is 2. The topological polar surface area (TPSA) is 66.0 Å². The fraction of sp³-hybridized carbons (Fsp3) is 0.364. The highest BCUT2D eigenvalue weighted by molar-refractivity contribution is 5.86. The van der Waals surface area contributed by atoms with E-state index >= 15 is 0 Å². The van der Waals surface area contributed by atoms with E-state index in [9.17, 15) is 4.79 Å². The summed E-state index contributed by atoms with van der Waals surface area (Å²) in [5, 5.41) is 6.43. The molecule has 1 amide bonds. The van der Waals surface area contributed by atoms with Crippen LogP contribution in [0.4, 0.5) is 0 Å². The van der Waals surface area contributed by atoms with Crippen molar-refractivity contribution < 1.29 is 9.53 Å². The maximum Gasteiger partial charge on any atom is 0.241 e. The van der Waals surface area contributed by atoms with E-state index in [0.29, 0.717) is 19.0 Å². The Morgan fingerprint density at radius 2 is 1.82 bits per heavy atom. The lowest BCUT2D eigenvalue weighted by molar-refractivity contribution is -0.127. The van der Waals surface area contributed by atoms with Crippen LogP contribution in [0, 0.1) is 6.92 Å². The van der Waals surface area contributed by atoms with E-state index in [1.165, 1.54) is 11.1 Å². The van der Waals surface area contributed by atoms with E-state index in [2.05, 4.69) is 40.7 Å². The Bertz CT molecular complexity index is 785. The third-order valence-electron chi connectivity index (χ3n) is 4.27. The van der Waals surface area contributed by atoms with Crippen LogP contribution in [0.1, 0.15) is 16.7 Å². The lowest BCUT2D eigenvalue weighted by Gasteiger charge is -2.15. The number of aryl methyl sites for hydroxylation is 1. The summed E-state index contributed by atoms with van der Waals surface area (Å²) >= 11 is 0. The largest absolute Gasteiger partial charge is 0.497 e. The van der Waals surface area contributed by atoms with Gasteiger partial charge in [0.15, 0.2) is 5.96 Å². The molecule has 0 spiro atoms. The van der Waals surface area contributed by atoms with E-state index in [1.807, 2.05) is 30.3 Å². The molecule has 2 aromatic carbocycles. The van der Waals surface area contributed by atoms with Gasteiger partial charge in [-0.05, 0) is 36.6 Å². The van der Waals surface area contributed by atoms with Gasteiger partial charge in [0.25, 0.3) is 0 Å². The first-order valence-electron chi connectivity index (χ1n) is 9.38. The number of guanidine groups is 1. The highest BCUT2D eigenvalue weighted by Gasteiger charge is 2.06. The van der Waals surface area contributed by atoms with Crippen LogP contribution in [0.15, 0.2) is 53.5 Å². The van der Waals surface area contributed by atoms with Gasteiger partial charge in [-0.15, -0.1) is 0 Å². The molecule has 0 aliphatic heterocycles. The molecule has 0 unspecified atom stereocenters. The van der Waals surface area contributed by atoms with Crippen LogP contribution in [0.5, 0.6) is 5.75 Å². The Hall–Kier alpha value is -3.02. The Balaban J connectivity index is 1.95. The second-order valence-corrected chi connectivity index (χ2v) is 6.82. The van der Waals surface area contributed by atoms with E-state index < -0.39 is 0 Å². The third-order valence-corrected chi connectivity index (χ3v) is 4.27. The maximum absolute atomic E-state index is 11.9. The first-order chi connectivity index (χ1) is 13.5. The fourth-order valence-electron chi connectivity index (χ4n) is 2.59. The number of carbonyl (C=O) groups excluding carboxylic acids is 1. The molecule has 150 valence electrons. The zero-order chi connectivity index (χ0) is 20.4. The van der Waals surface area contributed by atoms with Gasteiger partial charge >= 0.3 is 0 Å². The summed E-state index contributed by atoms with van der Waals surface area (Å²) in [5.74, 6) is 1.48. The van der Waals surface area contributed by atoms with Crippen molar-refractivity contribution in [3.63, 3.8) is 0 Å². The number of nitrogens with one attached hydrogen (secondary N) is 2. The van der Waals surface area contributed by atoms with Gasteiger partial charge in [0.1, 0.15) is 5.75 Å². The molecule has 2 aromatic rings. The fourth-order valence-corrected chi connectivity index (χ4v) is 2.59. The quantitative estimate of drug-likeness (QED) is 0.543. The van der Waals surface area contributed by atoms with Crippen LogP contribution in [0.25, 0.3) is 0 Å². The molecular weight excluding hydrogens is 352 g/mol. The van der Waals surface area contributed by atoms with Crippen molar-refractivity contribution in [2.75, 3.05) is 34.3 Å². The minimum absolute atomic E-state index is 0.000194. The number of hydrogen-bond acceptors (Lipinski definition) is 3. The van der Waals surface area contributed by atoms with E-state index in [-0.39, 0.29) is 12.5 Å². The number of nitrogens with zero attached hydrogens (tertiary/aromatic N) is 2. The van der Waals surface area contributed by atoms with Gasteiger partial charge in [0.2, 0.25) is 5.91 Å². The van der Waals surface area contributed by atoms with Crippen molar-refractivity contribution in [3.8, 4) is 5.75 Å². The Morgan fingerprint density at radius 3 is 2.46 bits per heavy atom. The Kier molecular flexibility index (Phi) is 8.34. The molecule has 0 aromatic heterocycles. The van der Waals surface area contributed by atoms with Gasteiger partial charge < -0.3 is 20.3 Å². The second kappa shape index (κ2) is 11.0. The summed E-state index contributed by atoms with van der Waals surface area (Å²) in [7, 11) is 5.14. The van der Waals surface area contributed by atoms with Gasteiger partial charge in [-0.1, -0.05) is 42.0 Å². The average molecular weight is 383 g/mol. The molecule has 0 heterocycles. The Morgan fingerprint density at radius 1 is 1.07 bits per heavy atom. The summed E-state index contributed by atoms with van der Waals surface area (Å²) in [6, 6.07) is 16.3. The second-order valence-electron chi connectivity index (χ2n) is 6.82. The first kappa shape index (κ1) is 21.3. The van der Waals surface area contributed by atoms with Crippen molar-refractivity contribution in [2.45, 2.75) is 19.9 Å². The zero-order valence-electron chi connectivity index (χ0n) is 17.2. The number of likely N-dealkylation sites (N-methyl/N-ethyl adjacent to an activating group) is 1. The number of aliphatic imine (C=N–C) groups is 1. The molecule has 6 nitrogen and oxygen atoms in total. The summed E-state index contributed by atoms with van der Waals surface area (Å²) in [4.78, 5) is 18.1. The standard InChI is InChI=1S/C22H30N4O2/c1-17-6-5-7-19(14-17)15-24-22(25-16-21(27)26(2)3)23-13-12-18-8-10-20(28-4)11-9-18/h5-11,14H,12-13,15-16H2,1-4H3,(H2,23,24,25). The van der Waals surface area contributed by atoms with Gasteiger partial charge in [-0.25, -0.2) is 4.99 Å². The highest BCUT2D eigenvalue weighted by atomic mass is 16.5. The van der Waals surface area contributed by atoms with Crippen molar-refractivity contribution in [2.24, 2.45) is 4.99 Å². The average Bonchev–Trinajstić information content (AvgIpc) is 2.69. The van der Waals surface area contributed by atoms with Crippen molar-refractivity contribution in [1.29, 1.82) is 0 Å². The van der Waals surface area contributed by atoms with Crippen molar-refractivity contribution >= 4 is 11.9 Å². The summed E-state index contributed by atoms with van der Waals surface area (Å²) in [6.07, 6.45) is 0.844. The first-order valence-corrected chi connectivity index (χ1v) is 9.38. The molecule has 0 fully saturated rings. The summed E-state index contributed by atoms with van der Waals surface area (Å²) in [5.41, 5.74) is 3.54. The highest BCUT2D eigenvalue weighted by Crippen LogP contribution is 2.11. The monoisotopic (exact) mass is 382 g/mol. The summed E-state index contributed by atoms with van der Waals surface area (Å²) < 4.78 is 5.19. The lowest BCUT2D eigenvalue weighted by atomic mass is 10.1. The molecular formula is C22H30N4O2. The van der Waals surface area contributed by atoms with Crippen LogP contribution in [0.3, 0.4) is 0 Å². The third kappa shape index (κ3) is 7.31. The number of rotatable bonds is 8. The SMILES string of the molecule is COc1ccc(CCNC(=NCc2cccc(C)c2)NCC(=O)N(C)C)cc1. The minimum atomic E-state index is 0.000194. The smallest absolute Gasteiger partial charge is 0.241 e. The molecule has 0 saturated heterocycles. The van der Waals surface area contributed by atoms with Gasteiger partial charge in [0, 0.05) is 20.6 Å². The number of ether oxygens (including phenoxy) is 1. The van der Waals surface area contributed by atoms with E-state index in [0.717, 1.165) is 17.7 Å². The normalized spacial score (nSPS) is 11.1. The number of benzene rings is 2. The van der Waals surface area contributed by atoms with Gasteiger partial charge in [-0.2, -0.15) is 0 Å². The molecule has 0 aliphatic rings. The predicted molar refractivity (Wildman–Crippen MR) is 114 cm³/mol. The van der Waals surface area contributed by atoms with Gasteiger partial charge in [-0.3, -0.25) is 4.79 Å². The molecule has 2 N–H and O–H groups in total. The van der Waals surface area contributed by atoms with Crippen LogP contribution < -0.4 is 15.4 Å². The van der Waals surface area contributed by atoms with E-state index in [4.69, 9.17) is 4.74 Å². The Labute approximate surface area is 167 Å². The van der Waals surface area contributed by atoms with E-state index in [1.54, 1.807) is 26.1 Å². The lowest BCUT2D eigenvalue weighted by Crippen LogP contribution is -2.43. The molecule has 0 aliphatic carbocycles. The van der Waals surface area contributed by atoms with Crippen molar-refractivity contribution in [1.82, 2.24) is 15.5 Å². The zero-order valence-corrected chi connectivity index (χ0v) is 17.2. The van der Waals surface area contributed by atoms with Crippen molar-refractivity contribution in [3.05, 3.63) is 65.2 Å². The number of carbonyl (C=O) groups is 1. The van der Waals surface area contributed by atoms with Gasteiger partial charge in [0.05, 0.1) is 20.2 Å². The maximum atomic E-state index is 11.9. The number of amides is 1. The minimum Gasteiger partial charge on any atom is -0.497 e. The molecule has 0 bridgehead atoms.